The highest BCUT2D eigenvalue weighted by molar-refractivity contribution is 5.65. The first-order valence-electron chi connectivity index (χ1n) is 3.53. The average molecular weight is 169 g/mol. The number of anilines is 1. The maximum Gasteiger partial charge on any atom is 0.304 e. The van der Waals surface area contributed by atoms with E-state index in [1.165, 1.54) is 11.6 Å². The van der Waals surface area contributed by atoms with Crippen molar-refractivity contribution in [2.45, 2.75) is 20.6 Å². The monoisotopic (exact) mass is 169 g/mol. The number of hydrogen-bond donors (Lipinski definition) is 1. The molecule has 1 heterocycles. The van der Waals surface area contributed by atoms with Crippen LogP contribution >= 0.6 is 0 Å². The highest BCUT2D eigenvalue weighted by Gasteiger charge is 2.01. The van der Waals surface area contributed by atoms with Crippen LogP contribution < -0.4 is 5.73 Å². The van der Waals surface area contributed by atoms with E-state index in [1.54, 1.807) is 6.07 Å². The third kappa shape index (κ3) is 1.98. The van der Waals surface area contributed by atoms with Gasteiger partial charge in [0, 0.05) is 13.0 Å². The van der Waals surface area contributed by atoms with Crippen molar-refractivity contribution in [1.29, 1.82) is 0 Å². The standard InChI is InChI=1S/C7H11N3O2/c1-5-3-7(8)10(9-5)4-12-6(2)11/h3H,4,8H2,1-2H3. The van der Waals surface area contributed by atoms with Gasteiger partial charge in [-0.2, -0.15) is 5.10 Å². The molecule has 0 fully saturated rings. The van der Waals surface area contributed by atoms with Gasteiger partial charge in [0.1, 0.15) is 5.82 Å². The molecule has 0 saturated carbocycles. The number of esters is 1. The average Bonchev–Trinajstić information content (AvgIpc) is 2.26. The molecule has 0 unspecified atom stereocenters. The third-order valence-electron chi connectivity index (χ3n) is 1.32. The summed E-state index contributed by atoms with van der Waals surface area (Å²) in [5.74, 6) is 0.149. The summed E-state index contributed by atoms with van der Waals surface area (Å²) in [4.78, 5) is 10.4. The van der Waals surface area contributed by atoms with E-state index in [0.29, 0.717) is 5.82 Å². The zero-order valence-corrected chi connectivity index (χ0v) is 7.07. The molecule has 1 aromatic heterocycles. The molecule has 0 aliphatic rings. The minimum absolute atomic E-state index is 0.0784. The summed E-state index contributed by atoms with van der Waals surface area (Å²) >= 11 is 0. The van der Waals surface area contributed by atoms with E-state index in [1.807, 2.05) is 6.92 Å². The molecule has 0 amide bonds. The second-order valence-corrected chi connectivity index (χ2v) is 2.48. The highest BCUT2D eigenvalue weighted by atomic mass is 16.5. The molecular formula is C7H11N3O2. The maximum atomic E-state index is 10.4. The molecule has 12 heavy (non-hydrogen) atoms. The Balaban J connectivity index is 2.62. The first-order chi connectivity index (χ1) is 5.59. The van der Waals surface area contributed by atoms with Crippen LogP contribution in [-0.4, -0.2) is 15.7 Å². The lowest BCUT2D eigenvalue weighted by Gasteiger charge is -2.02. The van der Waals surface area contributed by atoms with Gasteiger partial charge in [-0.3, -0.25) is 4.79 Å². The molecule has 0 spiro atoms. The number of nitrogens with two attached hydrogens (primary N) is 1. The fourth-order valence-corrected chi connectivity index (χ4v) is 0.821. The van der Waals surface area contributed by atoms with Crippen LogP contribution in [0.2, 0.25) is 0 Å². The van der Waals surface area contributed by atoms with E-state index < -0.39 is 0 Å². The molecule has 2 N–H and O–H groups in total. The van der Waals surface area contributed by atoms with E-state index in [0.717, 1.165) is 5.69 Å². The molecule has 0 bridgehead atoms. The maximum absolute atomic E-state index is 10.4. The fraction of sp³-hybridized carbons (Fsp3) is 0.429. The quantitative estimate of drug-likeness (QED) is 0.646. The summed E-state index contributed by atoms with van der Waals surface area (Å²) in [6.07, 6.45) is 0. The van der Waals surface area contributed by atoms with Gasteiger partial charge >= 0.3 is 5.97 Å². The summed E-state index contributed by atoms with van der Waals surface area (Å²) < 4.78 is 6.13. The largest absolute Gasteiger partial charge is 0.442 e. The Kier molecular flexibility index (Phi) is 2.32. The van der Waals surface area contributed by atoms with Gasteiger partial charge in [-0.05, 0) is 6.92 Å². The zero-order valence-electron chi connectivity index (χ0n) is 7.07. The van der Waals surface area contributed by atoms with Crippen molar-refractivity contribution in [3.8, 4) is 0 Å². The lowest BCUT2D eigenvalue weighted by Crippen LogP contribution is -2.10. The third-order valence-corrected chi connectivity index (χ3v) is 1.32. The van der Waals surface area contributed by atoms with Gasteiger partial charge in [0.05, 0.1) is 5.69 Å². The van der Waals surface area contributed by atoms with Crippen molar-refractivity contribution in [3.63, 3.8) is 0 Å². The Morgan fingerprint density at radius 3 is 2.92 bits per heavy atom. The first-order valence-corrected chi connectivity index (χ1v) is 3.53. The predicted octanol–water partition coefficient (Wildman–Crippen LogP) is 0.294. The predicted molar refractivity (Wildman–Crippen MR) is 43.1 cm³/mol. The lowest BCUT2D eigenvalue weighted by molar-refractivity contribution is -0.145. The molecule has 5 heteroatoms. The molecule has 0 aliphatic carbocycles. The molecule has 1 aromatic rings. The Hall–Kier alpha value is -1.52. The summed E-state index contributed by atoms with van der Waals surface area (Å²) in [5, 5.41) is 4.00. The van der Waals surface area contributed by atoms with Gasteiger partial charge in [-0.15, -0.1) is 0 Å². The van der Waals surface area contributed by atoms with E-state index in [2.05, 4.69) is 5.10 Å². The number of nitrogen functional groups attached to an aromatic ring is 1. The van der Waals surface area contributed by atoms with Crippen LogP contribution in [0.1, 0.15) is 12.6 Å². The number of nitrogens with zero attached hydrogens (tertiary/aromatic N) is 2. The van der Waals surface area contributed by atoms with Gasteiger partial charge in [0.25, 0.3) is 0 Å². The second kappa shape index (κ2) is 3.25. The SMILES string of the molecule is CC(=O)OCn1nc(C)cc1N. The molecule has 66 valence electrons. The van der Waals surface area contributed by atoms with Crippen molar-refractivity contribution < 1.29 is 9.53 Å². The van der Waals surface area contributed by atoms with Crippen LogP contribution in [0.15, 0.2) is 6.07 Å². The van der Waals surface area contributed by atoms with Crippen LogP contribution in [0.4, 0.5) is 5.82 Å². The van der Waals surface area contributed by atoms with Crippen molar-refractivity contribution in [3.05, 3.63) is 11.8 Å². The van der Waals surface area contributed by atoms with E-state index in [-0.39, 0.29) is 12.7 Å². The highest BCUT2D eigenvalue weighted by Crippen LogP contribution is 2.04. The van der Waals surface area contributed by atoms with Crippen LogP contribution in [0.5, 0.6) is 0 Å². The van der Waals surface area contributed by atoms with Crippen LogP contribution in [0, 0.1) is 6.92 Å². The Bertz CT molecular complexity index is 293. The molecule has 0 aromatic carbocycles. The molecule has 1 rings (SSSR count). The van der Waals surface area contributed by atoms with Crippen LogP contribution in [-0.2, 0) is 16.3 Å². The van der Waals surface area contributed by atoms with Crippen molar-refractivity contribution in [1.82, 2.24) is 9.78 Å². The van der Waals surface area contributed by atoms with Gasteiger partial charge in [-0.25, -0.2) is 4.68 Å². The number of ether oxygens (including phenoxy) is 1. The molecule has 5 nitrogen and oxygen atoms in total. The Labute approximate surface area is 70.1 Å². The minimum atomic E-state index is -0.345. The molecule has 0 radical (unpaired) electrons. The number of carbonyl (C=O) groups excluding carboxylic acids is 1. The first kappa shape index (κ1) is 8.58. The fourth-order valence-electron chi connectivity index (χ4n) is 0.821. The normalized spacial score (nSPS) is 9.83. The minimum Gasteiger partial charge on any atom is -0.442 e. The topological polar surface area (TPSA) is 70.1 Å². The summed E-state index contributed by atoms with van der Waals surface area (Å²) in [6, 6.07) is 1.71. The smallest absolute Gasteiger partial charge is 0.304 e. The number of aryl methyl sites for hydroxylation is 1. The van der Waals surface area contributed by atoms with Crippen LogP contribution in [0.25, 0.3) is 0 Å². The van der Waals surface area contributed by atoms with E-state index >= 15 is 0 Å². The van der Waals surface area contributed by atoms with Crippen LogP contribution in [0.3, 0.4) is 0 Å². The van der Waals surface area contributed by atoms with Gasteiger partial charge in [0.2, 0.25) is 0 Å². The summed E-state index contributed by atoms with van der Waals surface area (Å²) in [7, 11) is 0. The molecular weight excluding hydrogens is 158 g/mol. The van der Waals surface area contributed by atoms with E-state index in [4.69, 9.17) is 10.5 Å². The lowest BCUT2D eigenvalue weighted by atomic mass is 10.5. The van der Waals surface area contributed by atoms with Crippen molar-refractivity contribution in [2.75, 3.05) is 5.73 Å². The summed E-state index contributed by atoms with van der Waals surface area (Å²) in [5.41, 5.74) is 6.34. The molecule has 0 atom stereocenters. The van der Waals surface area contributed by atoms with Gasteiger partial charge in [0.15, 0.2) is 6.73 Å². The number of hydrogen-bond acceptors (Lipinski definition) is 4. The number of aromatic nitrogens is 2. The zero-order chi connectivity index (χ0) is 9.14. The number of rotatable bonds is 2. The number of carbonyl (C=O) groups is 1. The Morgan fingerprint density at radius 1 is 1.83 bits per heavy atom. The summed E-state index contributed by atoms with van der Waals surface area (Å²) in [6.45, 7) is 3.24. The van der Waals surface area contributed by atoms with Crippen molar-refractivity contribution >= 4 is 11.8 Å². The van der Waals surface area contributed by atoms with Gasteiger partial charge < -0.3 is 10.5 Å². The molecule has 0 saturated heterocycles. The van der Waals surface area contributed by atoms with Crippen molar-refractivity contribution in [2.24, 2.45) is 0 Å². The Morgan fingerprint density at radius 2 is 2.50 bits per heavy atom. The van der Waals surface area contributed by atoms with Gasteiger partial charge in [-0.1, -0.05) is 0 Å². The van der Waals surface area contributed by atoms with E-state index in [9.17, 15) is 4.79 Å². The second-order valence-electron chi connectivity index (χ2n) is 2.48. The molecule has 0 aliphatic heterocycles.